The van der Waals surface area contributed by atoms with E-state index in [1.807, 2.05) is 16.8 Å². The van der Waals surface area contributed by atoms with Crippen molar-refractivity contribution in [3.8, 4) is 9.88 Å². The van der Waals surface area contributed by atoms with Gasteiger partial charge in [0.2, 0.25) is 5.91 Å². The lowest BCUT2D eigenvalue weighted by molar-refractivity contribution is -0.121. The van der Waals surface area contributed by atoms with Gasteiger partial charge < -0.3 is 10.6 Å². The fourth-order valence-electron chi connectivity index (χ4n) is 2.12. The summed E-state index contributed by atoms with van der Waals surface area (Å²) in [5.74, 6) is 0.0664. The molecule has 6 heteroatoms. The Balaban J connectivity index is 1.59. The number of aromatic nitrogens is 1. The summed E-state index contributed by atoms with van der Waals surface area (Å²) in [7, 11) is 0. The van der Waals surface area contributed by atoms with Gasteiger partial charge in [-0.2, -0.15) is 0 Å². The largest absolute Gasteiger partial charge is 0.352 e. The summed E-state index contributed by atoms with van der Waals surface area (Å²) in [6, 6.07) is 4.35. The monoisotopic (exact) mass is 293 g/mol. The number of thiazole rings is 1. The van der Waals surface area contributed by atoms with Gasteiger partial charge in [0, 0.05) is 18.0 Å². The quantitative estimate of drug-likeness (QED) is 0.905. The number of nitrogens with zero attached hydrogens (tertiary/aromatic N) is 1. The summed E-state index contributed by atoms with van der Waals surface area (Å²) >= 11 is 3.27. The summed E-state index contributed by atoms with van der Waals surface area (Å²) in [6.07, 6.45) is 1.39. The predicted octanol–water partition coefficient (Wildman–Crippen LogP) is 1.89. The van der Waals surface area contributed by atoms with Gasteiger partial charge in [-0.15, -0.1) is 22.7 Å². The first-order chi connectivity index (χ1) is 9.31. The Kier molecular flexibility index (Phi) is 3.91. The minimum absolute atomic E-state index is 0.0664. The van der Waals surface area contributed by atoms with Crippen molar-refractivity contribution in [3.63, 3.8) is 0 Å². The number of carbonyl (C=O) groups is 1. The van der Waals surface area contributed by atoms with Crippen molar-refractivity contribution in [1.29, 1.82) is 0 Å². The molecule has 0 aliphatic carbocycles. The third-order valence-electron chi connectivity index (χ3n) is 3.05. The van der Waals surface area contributed by atoms with Crippen LogP contribution >= 0.6 is 22.7 Å². The van der Waals surface area contributed by atoms with Crippen LogP contribution in [0.4, 0.5) is 0 Å². The van der Waals surface area contributed by atoms with Crippen molar-refractivity contribution in [2.75, 3.05) is 13.1 Å². The Morgan fingerprint density at radius 2 is 2.47 bits per heavy atom. The molecule has 3 rings (SSSR count). The maximum absolute atomic E-state index is 11.9. The molecule has 1 fully saturated rings. The zero-order valence-corrected chi connectivity index (χ0v) is 12.0. The van der Waals surface area contributed by atoms with Gasteiger partial charge in [0.15, 0.2) is 0 Å². The first kappa shape index (κ1) is 12.8. The zero-order valence-electron chi connectivity index (χ0n) is 10.4. The second kappa shape index (κ2) is 5.81. The molecule has 2 aromatic rings. The Labute approximate surface area is 119 Å². The highest BCUT2D eigenvalue weighted by Gasteiger charge is 2.17. The van der Waals surface area contributed by atoms with Crippen molar-refractivity contribution in [3.05, 3.63) is 28.6 Å². The number of thiophene rings is 1. The molecule has 1 atom stereocenters. The highest BCUT2D eigenvalue weighted by Crippen LogP contribution is 2.27. The molecule has 100 valence electrons. The molecule has 4 nitrogen and oxygen atoms in total. The lowest BCUT2D eigenvalue weighted by Crippen LogP contribution is -2.37. The molecular formula is C13H15N3OS2. The van der Waals surface area contributed by atoms with E-state index in [9.17, 15) is 4.79 Å². The van der Waals surface area contributed by atoms with Crippen LogP contribution in [0.3, 0.4) is 0 Å². The van der Waals surface area contributed by atoms with Gasteiger partial charge >= 0.3 is 0 Å². The average Bonchev–Trinajstić information content (AvgIpc) is 3.09. The van der Waals surface area contributed by atoms with Crippen molar-refractivity contribution in [1.82, 2.24) is 15.6 Å². The standard InChI is InChI=1S/C13H15N3OS2/c17-12(15-9-3-4-14-7-9)6-10-8-19-13(16-10)11-2-1-5-18-11/h1-2,5,8-9,14H,3-4,6-7H2,(H,15,17). The maximum Gasteiger partial charge on any atom is 0.226 e. The number of hydrogen-bond donors (Lipinski definition) is 2. The molecule has 19 heavy (non-hydrogen) atoms. The molecule has 2 N–H and O–H groups in total. The Bertz CT molecular complexity index is 544. The van der Waals surface area contributed by atoms with Crippen LogP contribution in [0.2, 0.25) is 0 Å². The molecule has 1 aliphatic heterocycles. The molecule has 0 bridgehead atoms. The molecule has 0 radical (unpaired) electrons. The Morgan fingerprint density at radius 1 is 1.53 bits per heavy atom. The number of carbonyl (C=O) groups excluding carboxylic acids is 1. The van der Waals surface area contributed by atoms with E-state index >= 15 is 0 Å². The van der Waals surface area contributed by atoms with E-state index in [1.165, 1.54) is 0 Å². The summed E-state index contributed by atoms with van der Waals surface area (Å²) < 4.78 is 0. The van der Waals surface area contributed by atoms with Crippen LogP contribution in [0, 0.1) is 0 Å². The van der Waals surface area contributed by atoms with E-state index in [2.05, 4.69) is 21.7 Å². The summed E-state index contributed by atoms with van der Waals surface area (Å²) in [6.45, 7) is 1.87. The zero-order chi connectivity index (χ0) is 13.1. The van der Waals surface area contributed by atoms with Gasteiger partial charge in [0.05, 0.1) is 17.0 Å². The Hall–Kier alpha value is -1.24. The minimum Gasteiger partial charge on any atom is -0.352 e. The van der Waals surface area contributed by atoms with Crippen molar-refractivity contribution in [2.24, 2.45) is 0 Å². The van der Waals surface area contributed by atoms with Crippen LogP contribution < -0.4 is 10.6 Å². The molecule has 0 saturated carbocycles. The molecule has 2 aromatic heterocycles. The topological polar surface area (TPSA) is 54.0 Å². The molecule has 1 aliphatic rings. The van der Waals surface area contributed by atoms with Crippen molar-refractivity contribution >= 4 is 28.6 Å². The average molecular weight is 293 g/mol. The fraction of sp³-hybridized carbons (Fsp3) is 0.385. The number of amides is 1. The van der Waals surface area contributed by atoms with Crippen LogP contribution in [-0.4, -0.2) is 30.0 Å². The van der Waals surface area contributed by atoms with E-state index in [-0.39, 0.29) is 11.9 Å². The second-order valence-electron chi connectivity index (χ2n) is 4.56. The minimum atomic E-state index is 0.0664. The van der Waals surface area contributed by atoms with Gasteiger partial charge in [-0.25, -0.2) is 4.98 Å². The molecule has 3 heterocycles. The van der Waals surface area contributed by atoms with Crippen LogP contribution in [0.5, 0.6) is 0 Å². The lowest BCUT2D eigenvalue weighted by atomic mass is 10.2. The van der Waals surface area contributed by atoms with Crippen LogP contribution in [0.15, 0.2) is 22.9 Å². The van der Waals surface area contributed by atoms with E-state index in [1.54, 1.807) is 22.7 Å². The molecular weight excluding hydrogens is 278 g/mol. The maximum atomic E-state index is 11.9. The second-order valence-corrected chi connectivity index (χ2v) is 6.36. The van der Waals surface area contributed by atoms with Crippen LogP contribution in [0.25, 0.3) is 9.88 Å². The SMILES string of the molecule is O=C(Cc1csc(-c2cccs2)n1)NC1CCNC1. The first-order valence-corrected chi connectivity index (χ1v) is 8.05. The number of rotatable bonds is 4. The normalized spacial score (nSPS) is 18.6. The highest BCUT2D eigenvalue weighted by atomic mass is 32.1. The summed E-state index contributed by atoms with van der Waals surface area (Å²) in [4.78, 5) is 17.6. The molecule has 1 unspecified atom stereocenters. The summed E-state index contributed by atoms with van der Waals surface area (Å²) in [5.41, 5.74) is 0.858. The van der Waals surface area contributed by atoms with E-state index < -0.39 is 0 Å². The van der Waals surface area contributed by atoms with Gasteiger partial charge in [0.25, 0.3) is 0 Å². The highest BCUT2D eigenvalue weighted by molar-refractivity contribution is 7.20. The molecule has 1 amide bonds. The van der Waals surface area contributed by atoms with Crippen LogP contribution in [0.1, 0.15) is 12.1 Å². The van der Waals surface area contributed by atoms with Gasteiger partial charge in [-0.1, -0.05) is 6.07 Å². The third-order valence-corrected chi connectivity index (χ3v) is 4.98. The van der Waals surface area contributed by atoms with Gasteiger partial charge in [0.1, 0.15) is 5.01 Å². The van der Waals surface area contributed by atoms with E-state index in [0.29, 0.717) is 6.42 Å². The molecule has 0 spiro atoms. The Morgan fingerprint density at radius 3 is 3.21 bits per heavy atom. The number of nitrogens with one attached hydrogen (secondary N) is 2. The lowest BCUT2D eigenvalue weighted by Gasteiger charge is -2.10. The third kappa shape index (κ3) is 3.20. The molecule has 1 saturated heterocycles. The van der Waals surface area contributed by atoms with E-state index in [4.69, 9.17) is 0 Å². The van der Waals surface area contributed by atoms with E-state index in [0.717, 1.165) is 35.1 Å². The summed E-state index contributed by atoms with van der Waals surface area (Å²) in [5, 5.41) is 11.3. The van der Waals surface area contributed by atoms with Crippen LogP contribution in [-0.2, 0) is 11.2 Å². The van der Waals surface area contributed by atoms with Gasteiger partial charge in [-0.05, 0) is 24.4 Å². The fourth-order valence-corrected chi connectivity index (χ4v) is 3.76. The van der Waals surface area contributed by atoms with Gasteiger partial charge in [-0.3, -0.25) is 4.79 Å². The first-order valence-electron chi connectivity index (χ1n) is 6.29. The number of hydrogen-bond acceptors (Lipinski definition) is 5. The molecule has 0 aromatic carbocycles. The van der Waals surface area contributed by atoms with Crippen molar-refractivity contribution < 1.29 is 4.79 Å². The predicted molar refractivity (Wildman–Crippen MR) is 78.5 cm³/mol. The smallest absolute Gasteiger partial charge is 0.226 e. The van der Waals surface area contributed by atoms with Crippen molar-refractivity contribution in [2.45, 2.75) is 18.9 Å².